The van der Waals surface area contributed by atoms with E-state index in [-0.39, 0.29) is 5.91 Å². The van der Waals surface area contributed by atoms with E-state index in [9.17, 15) is 4.79 Å². The van der Waals surface area contributed by atoms with Gasteiger partial charge in [-0.2, -0.15) is 0 Å². The highest BCUT2D eigenvalue weighted by Gasteiger charge is 2.10. The van der Waals surface area contributed by atoms with E-state index in [1.54, 1.807) is 24.4 Å². The molecule has 0 unspecified atom stereocenters. The quantitative estimate of drug-likeness (QED) is 0.558. The van der Waals surface area contributed by atoms with E-state index in [0.717, 1.165) is 5.69 Å². The van der Waals surface area contributed by atoms with Crippen LogP contribution in [0.1, 0.15) is 16.1 Å². The lowest BCUT2D eigenvalue weighted by molar-refractivity contribution is 0.102. The predicted molar refractivity (Wildman–Crippen MR) is 69.0 cm³/mol. The first-order valence-corrected chi connectivity index (χ1v) is 5.35. The van der Waals surface area contributed by atoms with Crippen LogP contribution in [0.15, 0.2) is 36.8 Å². The SMILES string of the molecule is Cc1cc(NC(=O)c2ccncc2NN)ccn1. The number of carbonyl (C=O) groups is 1. The third kappa shape index (κ3) is 2.61. The predicted octanol–water partition coefficient (Wildman–Crippen LogP) is 1.32. The van der Waals surface area contributed by atoms with Gasteiger partial charge in [0.15, 0.2) is 0 Å². The van der Waals surface area contributed by atoms with Gasteiger partial charge in [-0.3, -0.25) is 20.6 Å². The number of nitrogens with zero attached hydrogens (tertiary/aromatic N) is 2. The molecule has 18 heavy (non-hydrogen) atoms. The number of hydrazine groups is 1. The van der Waals surface area contributed by atoms with Crippen molar-refractivity contribution in [3.05, 3.63) is 48.0 Å². The van der Waals surface area contributed by atoms with Crippen LogP contribution in [0.2, 0.25) is 0 Å². The minimum atomic E-state index is -0.254. The number of nitrogen functional groups attached to an aromatic ring is 1. The molecule has 0 fully saturated rings. The fourth-order valence-electron chi connectivity index (χ4n) is 1.53. The summed E-state index contributed by atoms with van der Waals surface area (Å²) in [5.41, 5.74) is 4.86. The number of nitrogens with two attached hydrogens (primary N) is 1. The van der Waals surface area contributed by atoms with Crippen LogP contribution in [0.5, 0.6) is 0 Å². The zero-order valence-electron chi connectivity index (χ0n) is 9.84. The molecule has 2 aromatic rings. The molecular weight excluding hydrogens is 230 g/mol. The lowest BCUT2D eigenvalue weighted by Gasteiger charge is -2.09. The summed E-state index contributed by atoms with van der Waals surface area (Å²) in [5.74, 6) is 5.07. The minimum Gasteiger partial charge on any atom is -0.322 e. The van der Waals surface area contributed by atoms with Crippen molar-refractivity contribution >= 4 is 17.3 Å². The van der Waals surface area contributed by atoms with Gasteiger partial charge in [0.25, 0.3) is 5.91 Å². The van der Waals surface area contributed by atoms with Crippen LogP contribution < -0.4 is 16.6 Å². The van der Waals surface area contributed by atoms with E-state index in [1.807, 2.05) is 6.92 Å². The van der Waals surface area contributed by atoms with Crippen molar-refractivity contribution in [2.24, 2.45) is 5.84 Å². The van der Waals surface area contributed by atoms with Crippen molar-refractivity contribution in [3.8, 4) is 0 Å². The van der Waals surface area contributed by atoms with Crippen molar-refractivity contribution in [3.63, 3.8) is 0 Å². The van der Waals surface area contributed by atoms with Gasteiger partial charge < -0.3 is 10.7 Å². The Morgan fingerprint density at radius 2 is 2.17 bits per heavy atom. The topological polar surface area (TPSA) is 92.9 Å². The molecule has 6 nitrogen and oxygen atoms in total. The van der Waals surface area contributed by atoms with Crippen LogP contribution >= 0.6 is 0 Å². The molecule has 0 aliphatic heterocycles. The molecule has 0 spiro atoms. The summed E-state index contributed by atoms with van der Waals surface area (Å²) in [7, 11) is 0. The lowest BCUT2D eigenvalue weighted by atomic mass is 10.2. The van der Waals surface area contributed by atoms with Gasteiger partial charge in [-0.25, -0.2) is 0 Å². The molecule has 0 radical (unpaired) electrons. The normalized spacial score (nSPS) is 9.89. The number of hydrogen-bond donors (Lipinski definition) is 3. The highest BCUT2D eigenvalue weighted by molar-refractivity contribution is 6.07. The Kier molecular flexibility index (Phi) is 3.49. The Labute approximate surface area is 104 Å². The van der Waals surface area contributed by atoms with Gasteiger partial charge in [0, 0.05) is 23.8 Å². The third-order valence-corrected chi connectivity index (χ3v) is 2.38. The second-order valence-corrected chi connectivity index (χ2v) is 3.71. The van der Waals surface area contributed by atoms with Gasteiger partial charge in [-0.1, -0.05) is 0 Å². The average Bonchev–Trinajstić information content (AvgIpc) is 2.38. The minimum absolute atomic E-state index is 0.254. The molecule has 2 aromatic heterocycles. The number of nitrogens with one attached hydrogen (secondary N) is 2. The van der Waals surface area contributed by atoms with Gasteiger partial charge in [0.1, 0.15) is 0 Å². The summed E-state index contributed by atoms with van der Waals surface area (Å²) in [6.45, 7) is 1.86. The summed E-state index contributed by atoms with van der Waals surface area (Å²) in [4.78, 5) is 20.0. The standard InChI is InChI=1S/C12H13N5O/c1-8-6-9(2-5-15-8)16-12(18)10-3-4-14-7-11(10)17-13/h2-7,17H,13H2,1H3,(H,15,16,18). The van der Waals surface area contributed by atoms with Crippen molar-refractivity contribution in [1.29, 1.82) is 0 Å². The fourth-order valence-corrected chi connectivity index (χ4v) is 1.53. The first-order chi connectivity index (χ1) is 8.70. The Balaban J connectivity index is 2.22. The molecule has 0 saturated carbocycles. The Morgan fingerprint density at radius 1 is 1.33 bits per heavy atom. The van der Waals surface area contributed by atoms with Crippen LogP contribution in [0, 0.1) is 6.92 Å². The number of aryl methyl sites for hydroxylation is 1. The zero-order chi connectivity index (χ0) is 13.0. The van der Waals surface area contributed by atoms with Crippen LogP contribution in [0.3, 0.4) is 0 Å². The smallest absolute Gasteiger partial charge is 0.257 e. The number of amides is 1. The van der Waals surface area contributed by atoms with Crippen molar-refractivity contribution in [2.45, 2.75) is 6.92 Å². The van der Waals surface area contributed by atoms with Crippen molar-refractivity contribution in [1.82, 2.24) is 9.97 Å². The molecule has 0 atom stereocenters. The van der Waals surface area contributed by atoms with E-state index in [4.69, 9.17) is 5.84 Å². The van der Waals surface area contributed by atoms with E-state index in [0.29, 0.717) is 16.9 Å². The van der Waals surface area contributed by atoms with Crippen LogP contribution in [0.4, 0.5) is 11.4 Å². The Morgan fingerprint density at radius 3 is 2.89 bits per heavy atom. The summed E-state index contributed by atoms with van der Waals surface area (Å²) in [6.07, 6.45) is 4.67. The summed E-state index contributed by atoms with van der Waals surface area (Å²) >= 11 is 0. The van der Waals surface area contributed by atoms with Gasteiger partial charge in [0.05, 0.1) is 17.4 Å². The fraction of sp³-hybridized carbons (Fsp3) is 0.0833. The van der Waals surface area contributed by atoms with Crippen molar-refractivity contribution in [2.75, 3.05) is 10.7 Å². The maximum Gasteiger partial charge on any atom is 0.257 e. The number of aromatic nitrogens is 2. The molecule has 4 N–H and O–H groups in total. The monoisotopic (exact) mass is 243 g/mol. The molecular formula is C12H13N5O. The molecule has 0 aliphatic carbocycles. The van der Waals surface area contributed by atoms with Gasteiger partial charge >= 0.3 is 0 Å². The maximum absolute atomic E-state index is 12.1. The molecule has 92 valence electrons. The van der Waals surface area contributed by atoms with Crippen LogP contribution in [-0.4, -0.2) is 15.9 Å². The second kappa shape index (κ2) is 5.24. The molecule has 0 bridgehead atoms. The van der Waals surface area contributed by atoms with Crippen molar-refractivity contribution < 1.29 is 4.79 Å². The van der Waals surface area contributed by atoms with Gasteiger partial charge in [-0.05, 0) is 25.1 Å². The molecule has 6 heteroatoms. The first-order valence-electron chi connectivity index (χ1n) is 5.35. The second-order valence-electron chi connectivity index (χ2n) is 3.71. The average molecular weight is 243 g/mol. The van der Waals surface area contributed by atoms with Gasteiger partial charge in [0.2, 0.25) is 0 Å². The van der Waals surface area contributed by atoms with E-state index in [1.165, 1.54) is 12.4 Å². The molecule has 0 saturated heterocycles. The number of rotatable bonds is 3. The summed E-state index contributed by atoms with van der Waals surface area (Å²) in [5, 5.41) is 2.77. The lowest BCUT2D eigenvalue weighted by Crippen LogP contribution is -2.17. The Bertz CT molecular complexity index is 570. The highest BCUT2D eigenvalue weighted by Crippen LogP contribution is 2.15. The summed E-state index contributed by atoms with van der Waals surface area (Å²) in [6, 6.07) is 5.11. The van der Waals surface area contributed by atoms with E-state index >= 15 is 0 Å². The highest BCUT2D eigenvalue weighted by atomic mass is 16.1. The largest absolute Gasteiger partial charge is 0.322 e. The number of anilines is 2. The molecule has 0 aromatic carbocycles. The van der Waals surface area contributed by atoms with E-state index < -0.39 is 0 Å². The van der Waals surface area contributed by atoms with Crippen LogP contribution in [0.25, 0.3) is 0 Å². The maximum atomic E-state index is 12.1. The first kappa shape index (κ1) is 12.0. The number of pyridine rings is 2. The number of hydrogen-bond acceptors (Lipinski definition) is 5. The molecule has 2 heterocycles. The molecule has 2 rings (SSSR count). The molecule has 1 amide bonds. The van der Waals surface area contributed by atoms with Gasteiger partial charge in [-0.15, -0.1) is 0 Å². The third-order valence-electron chi connectivity index (χ3n) is 2.38. The van der Waals surface area contributed by atoms with Crippen LogP contribution in [-0.2, 0) is 0 Å². The summed E-state index contributed by atoms with van der Waals surface area (Å²) < 4.78 is 0. The molecule has 0 aliphatic rings. The Hall–Kier alpha value is -2.47. The zero-order valence-corrected chi connectivity index (χ0v) is 9.84. The van der Waals surface area contributed by atoms with E-state index in [2.05, 4.69) is 20.7 Å². The number of carbonyl (C=O) groups excluding carboxylic acids is 1.